The average molecular weight is 936 g/mol. The highest BCUT2D eigenvalue weighted by molar-refractivity contribution is 6.76. The Bertz CT molecular complexity index is 4420. The molecular formula is C47B29N3O. The third-order valence-corrected chi connectivity index (χ3v) is 14.8. The molecule has 0 aliphatic rings. The summed E-state index contributed by atoms with van der Waals surface area (Å²) in [4.78, 5) is 14.2. The van der Waals surface area contributed by atoms with Crippen molar-refractivity contribution in [2.24, 2.45) is 0 Å². The third kappa shape index (κ3) is 7.88. The van der Waals surface area contributed by atoms with Crippen LogP contribution >= 0.6 is 0 Å². The van der Waals surface area contributed by atoms with Gasteiger partial charge in [-0.05, 0) is 49.3 Å². The van der Waals surface area contributed by atoms with Gasteiger partial charge >= 0.3 is 0 Å². The molecule has 0 saturated heterocycles. The van der Waals surface area contributed by atoms with Crippen LogP contribution in [-0.4, -0.2) is 242 Å². The number of hydrogen-bond donors (Lipinski definition) is 0. The van der Waals surface area contributed by atoms with Crippen molar-refractivity contribution in [3.05, 3.63) is 0 Å². The quantitative estimate of drug-likeness (QED) is 0.127. The molecule has 33 heteroatoms. The van der Waals surface area contributed by atoms with Gasteiger partial charge in [-0.15, -0.1) is 60.1 Å². The minimum absolute atomic E-state index is 0.00611. The van der Waals surface area contributed by atoms with Crippen LogP contribution in [0.25, 0.3) is 99.9 Å². The number of aromatic nitrogens is 3. The lowest BCUT2D eigenvalue weighted by Gasteiger charge is -2.32. The van der Waals surface area contributed by atoms with Crippen molar-refractivity contribution in [2.75, 3.05) is 0 Å². The summed E-state index contributed by atoms with van der Waals surface area (Å²) in [5.41, 5.74) is -7.11. The Kier molecular flexibility index (Phi) is 14.6. The Morgan fingerprint density at radius 1 is 0.150 bits per heavy atom. The predicted molar refractivity (Wildman–Crippen MR) is 366 cm³/mol. The van der Waals surface area contributed by atoms with Gasteiger partial charge < -0.3 is 4.42 Å². The summed E-state index contributed by atoms with van der Waals surface area (Å²) in [7, 11) is 194. The molecule has 10 aromatic rings. The normalized spacial score (nSPS) is 11.7. The van der Waals surface area contributed by atoms with Gasteiger partial charge in [0.25, 0.3) is 0 Å². The van der Waals surface area contributed by atoms with Gasteiger partial charge in [0.1, 0.15) is 239 Å². The molecule has 0 unspecified atom stereocenters. The van der Waals surface area contributed by atoms with E-state index in [4.69, 9.17) is 242 Å². The van der Waals surface area contributed by atoms with Gasteiger partial charge in [0.05, 0.1) is 0 Å². The zero-order chi connectivity index (χ0) is 59.0. The van der Waals surface area contributed by atoms with Crippen molar-refractivity contribution in [1.29, 1.82) is 0 Å². The lowest BCUT2D eigenvalue weighted by molar-refractivity contribution is 0.675. The van der Waals surface area contributed by atoms with Crippen molar-refractivity contribution in [3.63, 3.8) is 0 Å². The zero-order valence-corrected chi connectivity index (χ0v) is 42.0. The first kappa shape index (κ1) is 58.2. The molecule has 0 N–H and O–H groups in total. The van der Waals surface area contributed by atoms with Crippen molar-refractivity contribution in [2.45, 2.75) is 0 Å². The van der Waals surface area contributed by atoms with Crippen LogP contribution in [0.3, 0.4) is 0 Å². The summed E-state index contributed by atoms with van der Waals surface area (Å²) in [5.74, 6) is -1.11. The van der Waals surface area contributed by atoms with Gasteiger partial charge in [-0.3, -0.25) is 0 Å². The summed E-state index contributed by atoms with van der Waals surface area (Å²) < 4.78 is 6.23. The maximum Gasteiger partial charge on any atom is 0.162 e. The molecule has 0 amide bonds. The SMILES string of the molecule is [B]c1c([B])c([B])c(-c2nc(-c3c([B])c([B])c([B])c([B])c3[B])nc(-c3c([B])c([B])c(-c4c([B])c([B])c5c([B])c([B])c6c([B])c7oc8c([B])c([B])c([B])c([B])c8c7c([B])c6c5c4[B])c(-c4c([B])c([B])c([B])c([B])c4[B])c3[B])n2)c([B])c1[B]. The average Bonchev–Trinajstić information content (AvgIpc) is 4.03. The second-order valence-corrected chi connectivity index (χ2v) is 18.9. The van der Waals surface area contributed by atoms with Crippen molar-refractivity contribution in [3.8, 4) is 56.4 Å². The number of hydrogen-bond acceptors (Lipinski definition) is 4. The van der Waals surface area contributed by atoms with Crippen molar-refractivity contribution in [1.82, 2.24) is 15.0 Å². The molecule has 0 fully saturated rings. The highest BCUT2D eigenvalue weighted by atomic mass is 16.3. The first-order chi connectivity index (χ1) is 37.3. The second kappa shape index (κ2) is 20.1. The van der Waals surface area contributed by atoms with Gasteiger partial charge in [0.2, 0.25) is 0 Å². The molecule has 80 heavy (non-hydrogen) atoms. The van der Waals surface area contributed by atoms with Gasteiger partial charge in [-0.25, -0.2) is 15.0 Å². The van der Waals surface area contributed by atoms with E-state index in [0.717, 1.165) is 0 Å². The summed E-state index contributed by atoms with van der Waals surface area (Å²) in [6.07, 6.45) is 0. The van der Waals surface area contributed by atoms with Crippen LogP contribution in [0.2, 0.25) is 0 Å². The molecule has 10 rings (SSSR count). The largest absolute Gasteiger partial charge is 0.457 e. The van der Waals surface area contributed by atoms with Crippen LogP contribution in [0.4, 0.5) is 0 Å². The number of rotatable bonds is 5. The Labute approximate surface area is 501 Å². The summed E-state index contributed by atoms with van der Waals surface area (Å²) in [6, 6.07) is 0. The molecule has 0 aliphatic heterocycles. The smallest absolute Gasteiger partial charge is 0.162 e. The molecule has 8 aromatic carbocycles. The Morgan fingerprint density at radius 2 is 0.375 bits per heavy atom. The first-order valence-electron chi connectivity index (χ1n) is 23.1. The maximum absolute atomic E-state index is 7.44. The van der Waals surface area contributed by atoms with E-state index in [1.54, 1.807) is 0 Å². The molecule has 0 bridgehead atoms. The van der Waals surface area contributed by atoms with E-state index in [-0.39, 0.29) is 252 Å². The maximum atomic E-state index is 7.44. The van der Waals surface area contributed by atoms with Crippen LogP contribution < -0.4 is 158 Å². The topological polar surface area (TPSA) is 51.8 Å². The predicted octanol–water partition coefficient (Wildman–Crippen LogP) is -22.6. The fourth-order valence-electron chi connectivity index (χ4n) is 10.4. The Morgan fingerprint density at radius 3 is 0.800 bits per heavy atom. The molecule has 296 valence electrons. The fourth-order valence-corrected chi connectivity index (χ4v) is 10.4. The summed E-state index contributed by atoms with van der Waals surface area (Å²) >= 11 is 0. The lowest BCUT2D eigenvalue weighted by Crippen LogP contribution is -2.56. The van der Waals surface area contributed by atoms with Crippen molar-refractivity contribution >= 4 is 429 Å². The standard InChI is InChI=1S/C47B29N3O/c48-14-1-2-8(30(64)43-9(15(2)49)10-24(58)33(67)41(75)42(76)44(10)80-43)21(55)20(54)6(1)19(53)18(52)5(14)4-3(7-22(56)31(65)38(72)32(66)23(7)57)16(50)11(25(59)17(4)51)45-77-46(12-26(60)34(68)39(73)35(69)27(12)61)79-47(78-45)13-28(62)36(70)40(74)37(71)29(13)63. The van der Waals surface area contributed by atoms with Crippen LogP contribution in [-0.2, 0) is 0 Å². The Hall–Kier alpha value is -5.03. The second-order valence-electron chi connectivity index (χ2n) is 18.9. The number of nitrogens with zero attached hydrogens (tertiary/aromatic N) is 3. The van der Waals surface area contributed by atoms with E-state index in [1.807, 2.05) is 0 Å². The highest BCUT2D eigenvalue weighted by Gasteiger charge is 2.31. The third-order valence-electron chi connectivity index (χ3n) is 14.8. The monoisotopic (exact) mass is 941 g/mol. The van der Waals surface area contributed by atoms with E-state index in [0.29, 0.717) is 0 Å². The molecular weight excluding hydrogens is 936 g/mol. The molecule has 0 spiro atoms. The van der Waals surface area contributed by atoms with Crippen LogP contribution in [0, 0.1) is 0 Å². The Balaban J connectivity index is 1.43. The minimum atomic E-state index is -0.413. The van der Waals surface area contributed by atoms with E-state index < -0.39 is 5.82 Å². The van der Waals surface area contributed by atoms with Gasteiger partial charge in [-0.1, -0.05) is 92.9 Å². The number of benzene rings is 8. The van der Waals surface area contributed by atoms with Crippen LogP contribution in [0.5, 0.6) is 0 Å². The molecule has 0 aliphatic carbocycles. The van der Waals surface area contributed by atoms with Crippen LogP contribution in [0.1, 0.15) is 0 Å². The molecule has 0 atom stereocenters. The molecule has 2 heterocycles. The number of furan rings is 1. The summed E-state index contributed by atoms with van der Waals surface area (Å²) in [6.45, 7) is 0. The van der Waals surface area contributed by atoms with E-state index in [2.05, 4.69) is 4.98 Å². The summed E-state index contributed by atoms with van der Waals surface area (Å²) in [5, 5.41) is 0.412. The molecule has 58 radical (unpaired) electrons. The first-order valence-corrected chi connectivity index (χ1v) is 23.1. The molecule has 4 nitrogen and oxygen atoms in total. The van der Waals surface area contributed by atoms with Gasteiger partial charge in [0, 0.05) is 27.5 Å². The minimum Gasteiger partial charge on any atom is -0.457 e. The van der Waals surface area contributed by atoms with Crippen LogP contribution in [0.15, 0.2) is 4.42 Å². The highest BCUT2D eigenvalue weighted by Crippen LogP contribution is 2.33. The van der Waals surface area contributed by atoms with Gasteiger partial charge in [0.15, 0.2) is 17.5 Å². The van der Waals surface area contributed by atoms with E-state index in [1.165, 1.54) is 0 Å². The van der Waals surface area contributed by atoms with Crippen molar-refractivity contribution < 1.29 is 4.42 Å². The fraction of sp³-hybridized carbons (Fsp3) is 0. The van der Waals surface area contributed by atoms with Gasteiger partial charge in [-0.2, -0.15) is 0 Å². The molecule has 0 saturated carbocycles. The zero-order valence-electron chi connectivity index (χ0n) is 42.0. The van der Waals surface area contributed by atoms with E-state index in [9.17, 15) is 0 Å². The lowest BCUT2D eigenvalue weighted by atomic mass is 9.56. The van der Waals surface area contributed by atoms with E-state index >= 15 is 0 Å². The molecule has 2 aromatic heterocycles. The number of fused-ring (bicyclic) bond motifs is 6.